The van der Waals surface area contributed by atoms with E-state index < -0.39 is 0 Å². The van der Waals surface area contributed by atoms with E-state index in [4.69, 9.17) is 0 Å². The van der Waals surface area contributed by atoms with E-state index in [-0.39, 0.29) is 11.7 Å². The molecule has 1 amide bonds. The van der Waals surface area contributed by atoms with E-state index >= 15 is 0 Å². The van der Waals surface area contributed by atoms with Gasteiger partial charge >= 0.3 is 0 Å². The number of hydrogen-bond donors (Lipinski definition) is 1. The fraction of sp³-hybridized carbons (Fsp3) is 0.0476. The Balaban J connectivity index is 1.77. The number of nitrogens with one attached hydrogen (secondary N) is 1. The third kappa shape index (κ3) is 2.40. The Bertz CT molecular complexity index is 1160. The van der Waals surface area contributed by atoms with Gasteiger partial charge in [0, 0.05) is 12.1 Å². The lowest BCUT2D eigenvalue weighted by Crippen LogP contribution is -2.12. The number of carbonyl (C=O) groups is 1. The number of thiazole rings is 1. The van der Waals surface area contributed by atoms with Crippen molar-refractivity contribution in [1.29, 1.82) is 0 Å². The first-order valence-corrected chi connectivity index (χ1v) is 9.12. The minimum absolute atomic E-state index is 0.0622. The molecular weight excluding hydrogens is 347 g/mol. The van der Waals surface area contributed by atoms with Crippen LogP contribution >= 0.6 is 11.3 Å². The molecule has 5 rings (SSSR count). The Kier molecular flexibility index (Phi) is 3.36. The molecule has 0 saturated carbocycles. The minimum atomic E-state index is -0.278. The third-order valence-electron chi connectivity index (χ3n) is 4.72. The zero-order valence-corrected chi connectivity index (χ0v) is 14.4. The van der Waals surface area contributed by atoms with Gasteiger partial charge in [-0.15, -0.1) is 11.3 Å². The molecule has 0 unspecified atom stereocenters. The second-order valence-corrected chi connectivity index (χ2v) is 7.17. The van der Waals surface area contributed by atoms with Gasteiger partial charge in [-0.2, -0.15) is 0 Å². The number of aromatic nitrogens is 1. The highest BCUT2D eigenvalue weighted by Crippen LogP contribution is 2.37. The van der Waals surface area contributed by atoms with E-state index in [2.05, 4.69) is 22.4 Å². The van der Waals surface area contributed by atoms with Gasteiger partial charge in [0.05, 0.1) is 15.7 Å². The number of halogens is 1. The van der Waals surface area contributed by atoms with Crippen molar-refractivity contribution in [2.24, 2.45) is 0 Å². The van der Waals surface area contributed by atoms with Gasteiger partial charge in [-0.25, -0.2) is 9.37 Å². The van der Waals surface area contributed by atoms with Gasteiger partial charge in [-0.05, 0) is 64.2 Å². The van der Waals surface area contributed by atoms with Gasteiger partial charge in [-0.3, -0.25) is 4.79 Å². The first kappa shape index (κ1) is 15.2. The molecule has 126 valence electrons. The Hall–Kier alpha value is -3.05. The lowest BCUT2D eigenvalue weighted by molar-refractivity contribution is 0.0966. The molecule has 1 aromatic heterocycles. The van der Waals surface area contributed by atoms with Crippen LogP contribution in [-0.4, -0.2) is 10.9 Å². The molecule has 5 heteroatoms. The van der Waals surface area contributed by atoms with Gasteiger partial charge in [0.25, 0.3) is 5.91 Å². The molecule has 3 aromatic carbocycles. The Morgan fingerprint density at radius 1 is 0.923 bits per heavy atom. The maximum Gasteiger partial charge on any atom is 0.251 e. The van der Waals surface area contributed by atoms with E-state index in [1.54, 1.807) is 23.5 Å². The van der Waals surface area contributed by atoms with Crippen molar-refractivity contribution in [1.82, 2.24) is 10.3 Å². The molecule has 26 heavy (non-hydrogen) atoms. The van der Waals surface area contributed by atoms with Gasteiger partial charge in [0.1, 0.15) is 5.82 Å². The summed E-state index contributed by atoms with van der Waals surface area (Å²) in [5.74, 6) is -0.340. The second-order valence-electron chi connectivity index (χ2n) is 6.28. The first-order chi connectivity index (χ1) is 12.7. The summed E-state index contributed by atoms with van der Waals surface area (Å²) in [7, 11) is 0. The molecule has 0 atom stereocenters. The van der Waals surface area contributed by atoms with E-state index in [1.807, 2.05) is 23.7 Å². The predicted octanol–water partition coefficient (Wildman–Crippen LogP) is 5.01. The lowest BCUT2D eigenvalue weighted by atomic mass is 9.90. The molecule has 2 heterocycles. The normalized spacial score (nSPS) is 13.0. The number of benzene rings is 3. The van der Waals surface area contributed by atoms with Crippen LogP contribution in [0.5, 0.6) is 0 Å². The molecule has 1 aliphatic rings. The SMILES string of the molecule is O=C1NCc2cc(-c3ccc4ncsc4c3)c(-c3ccc(F)cc3)cc21. The Labute approximate surface area is 153 Å². The Morgan fingerprint density at radius 2 is 1.69 bits per heavy atom. The number of hydrogen-bond acceptors (Lipinski definition) is 3. The molecule has 0 bridgehead atoms. The highest BCUT2D eigenvalue weighted by molar-refractivity contribution is 7.16. The summed E-state index contributed by atoms with van der Waals surface area (Å²) in [6.45, 7) is 0.535. The van der Waals surface area contributed by atoms with E-state index in [0.29, 0.717) is 12.1 Å². The largest absolute Gasteiger partial charge is 0.348 e. The molecule has 3 nitrogen and oxygen atoms in total. The second kappa shape index (κ2) is 5.75. The summed E-state index contributed by atoms with van der Waals surface area (Å²) in [5, 5.41) is 2.87. The van der Waals surface area contributed by atoms with Crippen molar-refractivity contribution >= 4 is 27.5 Å². The summed E-state index contributed by atoms with van der Waals surface area (Å²) in [6.07, 6.45) is 0. The quantitative estimate of drug-likeness (QED) is 0.546. The predicted molar refractivity (Wildman–Crippen MR) is 102 cm³/mol. The zero-order valence-electron chi connectivity index (χ0n) is 13.6. The molecule has 4 aromatic rings. The monoisotopic (exact) mass is 360 g/mol. The molecule has 0 spiro atoms. The summed E-state index contributed by atoms with van der Waals surface area (Å²) in [4.78, 5) is 16.4. The van der Waals surface area contributed by atoms with E-state index in [9.17, 15) is 9.18 Å². The van der Waals surface area contributed by atoms with Gasteiger partial charge < -0.3 is 5.32 Å². The summed E-state index contributed by atoms with van der Waals surface area (Å²) in [6, 6.07) is 16.5. The molecule has 1 N–H and O–H groups in total. The zero-order chi connectivity index (χ0) is 17.7. The number of rotatable bonds is 2. The van der Waals surface area contributed by atoms with Crippen molar-refractivity contribution in [3.05, 3.63) is 77.1 Å². The fourth-order valence-corrected chi connectivity index (χ4v) is 4.12. The standard InChI is InChI=1S/C21H13FN2OS/c22-15-4-1-12(2-5-15)17-9-18-14(10-23-21(18)25)7-16(17)13-3-6-19-20(8-13)26-11-24-19/h1-9,11H,10H2,(H,23,25). The topological polar surface area (TPSA) is 42.0 Å². The summed E-state index contributed by atoms with van der Waals surface area (Å²) < 4.78 is 14.5. The molecule has 0 saturated heterocycles. The van der Waals surface area contributed by atoms with Gasteiger partial charge in [0.2, 0.25) is 0 Å². The van der Waals surface area contributed by atoms with Crippen molar-refractivity contribution in [2.45, 2.75) is 6.54 Å². The van der Waals surface area contributed by atoms with Crippen LogP contribution in [0.2, 0.25) is 0 Å². The van der Waals surface area contributed by atoms with Crippen LogP contribution in [0.25, 0.3) is 32.5 Å². The maximum atomic E-state index is 13.4. The molecular formula is C21H13FN2OS. The highest BCUT2D eigenvalue weighted by atomic mass is 32.1. The van der Waals surface area contributed by atoms with Crippen LogP contribution in [0.4, 0.5) is 4.39 Å². The molecule has 0 fully saturated rings. The average molecular weight is 360 g/mol. The minimum Gasteiger partial charge on any atom is -0.348 e. The van der Waals surface area contributed by atoms with Crippen molar-refractivity contribution < 1.29 is 9.18 Å². The van der Waals surface area contributed by atoms with E-state index in [0.717, 1.165) is 38.0 Å². The fourth-order valence-electron chi connectivity index (χ4n) is 3.40. The number of nitrogens with zero attached hydrogens (tertiary/aromatic N) is 1. The van der Waals surface area contributed by atoms with Gasteiger partial charge in [-0.1, -0.05) is 18.2 Å². The average Bonchev–Trinajstić information content (AvgIpc) is 3.27. The maximum absolute atomic E-state index is 13.4. The van der Waals surface area contributed by atoms with E-state index in [1.165, 1.54) is 12.1 Å². The van der Waals surface area contributed by atoms with Crippen molar-refractivity contribution in [3.8, 4) is 22.3 Å². The number of carbonyl (C=O) groups excluding carboxylic acids is 1. The lowest BCUT2D eigenvalue weighted by Gasteiger charge is -2.13. The smallest absolute Gasteiger partial charge is 0.251 e. The number of fused-ring (bicyclic) bond motifs is 2. The van der Waals surface area contributed by atoms with Crippen LogP contribution in [-0.2, 0) is 6.54 Å². The molecule has 1 aliphatic heterocycles. The molecule has 0 aliphatic carbocycles. The van der Waals surface area contributed by atoms with Crippen LogP contribution < -0.4 is 5.32 Å². The first-order valence-electron chi connectivity index (χ1n) is 8.24. The third-order valence-corrected chi connectivity index (χ3v) is 5.52. The van der Waals surface area contributed by atoms with Crippen LogP contribution in [0, 0.1) is 5.82 Å². The highest BCUT2D eigenvalue weighted by Gasteiger charge is 2.22. The van der Waals surface area contributed by atoms with Crippen molar-refractivity contribution in [3.63, 3.8) is 0 Å². The van der Waals surface area contributed by atoms with Crippen LogP contribution in [0.1, 0.15) is 15.9 Å². The van der Waals surface area contributed by atoms with Crippen LogP contribution in [0.3, 0.4) is 0 Å². The Morgan fingerprint density at radius 3 is 2.54 bits per heavy atom. The number of amides is 1. The van der Waals surface area contributed by atoms with Crippen LogP contribution in [0.15, 0.2) is 60.1 Å². The molecule has 0 radical (unpaired) electrons. The summed E-state index contributed by atoms with van der Waals surface area (Å²) in [5.41, 5.74) is 8.37. The van der Waals surface area contributed by atoms with Gasteiger partial charge in [0.15, 0.2) is 0 Å². The summed E-state index contributed by atoms with van der Waals surface area (Å²) >= 11 is 1.60. The van der Waals surface area contributed by atoms with Crippen molar-refractivity contribution in [2.75, 3.05) is 0 Å².